The number of para-hydroxylation sites is 1. The Hall–Kier alpha value is -2.83. The fourth-order valence-electron chi connectivity index (χ4n) is 4.28. The molecule has 2 atom stereocenters. The molecular weight excluding hydrogens is 388 g/mol. The van der Waals surface area contributed by atoms with Crippen molar-refractivity contribution in [2.24, 2.45) is 10.9 Å². The van der Waals surface area contributed by atoms with Gasteiger partial charge in [-0.3, -0.25) is 9.79 Å². The Morgan fingerprint density at radius 2 is 1.94 bits per heavy atom. The molecule has 0 bridgehead atoms. The van der Waals surface area contributed by atoms with E-state index in [4.69, 9.17) is 4.98 Å². The number of amides is 1. The smallest absolute Gasteiger partial charge is 0.223 e. The third kappa shape index (κ3) is 5.46. The van der Waals surface area contributed by atoms with Crippen LogP contribution in [0.3, 0.4) is 0 Å². The zero-order valence-corrected chi connectivity index (χ0v) is 18.8. The first-order valence-corrected chi connectivity index (χ1v) is 11.4. The van der Waals surface area contributed by atoms with Gasteiger partial charge in [0.05, 0.1) is 5.52 Å². The summed E-state index contributed by atoms with van der Waals surface area (Å²) in [5.41, 5.74) is 2.17. The van der Waals surface area contributed by atoms with Crippen LogP contribution in [-0.4, -0.2) is 50.1 Å². The van der Waals surface area contributed by atoms with E-state index in [2.05, 4.69) is 33.1 Å². The molecule has 1 amide bonds. The molecule has 0 aliphatic heterocycles. The van der Waals surface area contributed by atoms with Crippen LogP contribution in [0.15, 0.2) is 35.3 Å². The lowest BCUT2D eigenvalue weighted by Gasteiger charge is -2.30. The molecule has 7 nitrogen and oxygen atoms in total. The number of anilines is 1. The number of benzene rings is 1. The maximum absolute atomic E-state index is 12.5. The van der Waals surface area contributed by atoms with Crippen molar-refractivity contribution in [1.82, 2.24) is 20.9 Å². The van der Waals surface area contributed by atoms with Gasteiger partial charge in [0.25, 0.3) is 0 Å². The van der Waals surface area contributed by atoms with Crippen molar-refractivity contribution in [3.63, 3.8) is 0 Å². The van der Waals surface area contributed by atoms with Gasteiger partial charge in [0.2, 0.25) is 5.91 Å². The molecule has 31 heavy (non-hydrogen) atoms. The van der Waals surface area contributed by atoms with Gasteiger partial charge in [-0.25, -0.2) is 4.98 Å². The Balaban J connectivity index is 1.39. The Bertz CT molecular complexity index is 952. The number of fused-ring (bicyclic) bond motifs is 1. The predicted octanol–water partition coefficient (Wildman–Crippen LogP) is 2.80. The third-order valence-corrected chi connectivity index (χ3v) is 6.23. The number of nitrogens with zero attached hydrogens (tertiary/aromatic N) is 3. The molecule has 0 spiro atoms. The molecule has 1 heterocycles. The van der Waals surface area contributed by atoms with Gasteiger partial charge in [0.1, 0.15) is 5.82 Å². The van der Waals surface area contributed by atoms with E-state index >= 15 is 0 Å². The van der Waals surface area contributed by atoms with E-state index in [0.717, 1.165) is 61.2 Å². The number of guanidine groups is 1. The Kier molecular flexibility index (Phi) is 6.59. The number of nitrogens with one attached hydrogen (secondary N) is 3. The van der Waals surface area contributed by atoms with Gasteiger partial charge in [0, 0.05) is 51.1 Å². The third-order valence-electron chi connectivity index (χ3n) is 6.23. The molecule has 2 saturated carbocycles. The lowest BCUT2D eigenvalue weighted by molar-refractivity contribution is -0.126. The largest absolute Gasteiger partial charge is 0.363 e. The number of aliphatic imine (C=N–C) groups is 1. The second-order valence-corrected chi connectivity index (χ2v) is 8.96. The molecule has 2 aromatic rings. The highest BCUT2D eigenvalue weighted by atomic mass is 16.2. The lowest BCUT2D eigenvalue weighted by atomic mass is 9.85. The second kappa shape index (κ2) is 9.54. The van der Waals surface area contributed by atoms with Crippen LogP contribution in [0, 0.1) is 5.92 Å². The summed E-state index contributed by atoms with van der Waals surface area (Å²) in [6.07, 6.45) is 6.25. The summed E-state index contributed by atoms with van der Waals surface area (Å²) in [5.74, 6) is 2.06. The van der Waals surface area contributed by atoms with Crippen LogP contribution in [0.5, 0.6) is 0 Å². The minimum absolute atomic E-state index is 0.108. The van der Waals surface area contributed by atoms with Gasteiger partial charge in [-0.2, -0.15) is 0 Å². The average molecular weight is 423 g/mol. The van der Waals surface area contributed by atoms with Crippen molar-refractivity contribution in [3.8, 4) is 0 Å². The minimum atomic E-state index is 0.108. The van der Waals surface area contributed by atoms with Crippen molar-refractivity contribution in [2.45, 2.75) is 57.2 Å². The topological polar surface area (TPSA) is 81.7 Å². The van der Waals surface area contributed by atoms with E-state index in [-0.39, 0.29) is 17.9 Å². The summed E-state index contributed by atoms with van der Waals surface area (Å²) in [5, 5.41) is 11.3. The van der Waals surface area contributed by atoms with Gasteiger partial charge in [-0.1, -0.05) is 24.6 Å². The van der Waals surface area contributed by atoms with E-state index in [9.17, 15) is 4.79 Å². The Morgan fingerprint density at radius 1 is 1.13 bits per heavy atom. The van der Waals surface area contributed by atoms with Crippen LogP contribution in [0.4, 0.5) is 5.82 Å². The van der Waals surface area contributed by atoms with E-state index < -0.39 is 0 Å². The number of rotatable bonds is 6. The highest BCUT2D eigenvalue weighted by Crippen LogP contribution is 2.27. The normalized spacial score (nSPS) is 21.6. The molecule has 4 rings (SSSR count). The first-order valence-electron chi connectivity index (χ1n) is 11.4. The van der Waals surface area contributed by atoms with Gasteiger partial charge in [-0.05, 0) is 49.8 Å². The first-order chi connectivity index (χ1) is 15.0. The molecule has 0 radical (unpaired) electrons. The molecule has 1 aromatic carbocycles. The van der Waals surface area contributed by atoms with Crippen molar-refractivity contribution in [2.75, 3.05) is 26.0 Å². The molecule has 2 aliphatic carbocycles. The van der Waals surface area contributed by atoms with Gasteiger partial charge in [-0.15, -0.1) is 0 Å². The highest BCUT2D eigenvalue weighted by Gasteiger charge is 2.31. The quantitative estimate of drug-likeness (QED) is 0.493. The van der Waals surface area contributed by atoms with Crippen LogP contribution in [0.2, 0.25) is 0 Å². The van der Waals surface area contributed by atoms with Crippen LogP contribution in [0.1, 0.15) is 44.1 Å². The zero-order chi connectivity index (χ0) is 21.8. The maximum atomic E-state index is 12.5. The molecule has 2 aliphatic rings. The SMILES string of the molecule is CN=C(NCc1cc(N(C)C)nc2ccccc12)NC1CCCC(C(=O)NC2CC2)C1. The molecule has 2 unspecified atom stereocenters. The van der Waals surface area contributed by atoms with Crippen molar-refractivity contribution in [1.29, 1.82) is 0 Å². The maximum Gasteiger partial charge on any atom is 0.223 e. The molecule has 166 valence electrons. The van der Waals surface area contributed by atoms with Crippen molar-refractivity contribution in [3.05, 3.63) is 35.9 Å². The summed E-state index contributed by atoms with van der Waals surface area (Å²) in [6, 6.07) is 11.0. The first kappa shape index (κ1) is 21.4. The van der Waals surface area contributed by atoms with Gasteiger partial charge in [0.15, 0.2) is 5.96 Å². The minimum Gasteiger partial charge on any atom is -0.363 e. The fraction of sp³-hybridized carbons (Fsp3) is 0.542. The van der Waals surface area contributed by atoms with E-state index in [1.807, 2.05) is 37.2 Å². The molecule has 7 heteroatoms. The summed E-state index contributed by atoms with van der Waals surface area (Å²) < 4.78 is 0. The number of carbonyl (C=O) groups excluding carboxylic acids is 1. The standard InChI is InChI=1S/C24H34N6O/c1-25-24(28-19-8-6-7-16(13-19)23(31)27-18-11-12-18)26-15-17-14-22(30(2)3)29-21-10-5-4-9-20(17)21/h4-5,9-10,14,16,18-19H,6-8,11-13,15H2,1-3H3,(H,27,31)(H2,25,26,28). The van der Waals surface area contributed by atoms with E-state index in [0.29, 0.717) is 12.6 Å². The number of hydrogen-bond donors (Lipinski definition) is 3. The molecular formula is C24H34N6O. The van der Waals surface area contributed by atoms with Crippen LogP contribution in [0.25, 0.3) is 10.9 Å². The summed E-state index contributed by atoms with van der Waals surface area (Å²) in [6.45, 7) is 0.655. The molecule has 0 saturated heterocycles. The van der Waals surface area contributed by atoms with Crippen LogP contribution in [-0.2, 0) is 11.3 Å². The number of carbonyl (C=O) groups is 1. The number of aromatic nitrogens is 1. The van der Waals surface area contributed by atoms with E-state index in [1.54, 1.807) is 7.05 Å². The monoisotopic (exact) mass is 422 g/mol. The summed E-state index contributed by atoms with van der Waals surface area (Å²) in [4.78, 5) is 23.7. The van der Waals surface area contributed by atoms with Crippen molar-refractivity contribution >= 4 is 28.6 Å². The second-order valence-electron chi connectivity index (χ2n) is 8.96. The van der Waals surface area contributed by atoms with Gasteiger partial charge >= 0.3 is 0 Å². The van der Waals surface area contributed by atoms with Crippen LogP contribution >= 0.6 is 0 Å². The number of hydrogen-bond acceptors (Lipinski definition) is 4. The lowest BCUT2D eigenvalue weighted by Crippen LogP contribution is -2.47. The zero-order valence-electron chi connectivity index (χ0n) is 18.8. The van der Waals surface area contributed by atoms with Crippen molar-refractivity contribution < 1.29 is 4.79 Å². The molecule has 2 fully saturated rings. The Labute approximate surface area is 184 Å². The summed E-state index contributed by atoms with van der Waals surface area (Å²) >= 11 is 0. The Morgan fingerprint density at radius 3 is 2.68 bits per heavy atom. The summed E-state index contributed by atoms with van der Waals surface area (Å²) in [7, 11) is 5.81. The van der Waals surface area contributed by atoms with Crippen LogP contribution < -0.4 is 20.9 Å². The van der Waals surface area contributed by atoms with E-state index in [1.165, 1.54) is 5.56 Å². The van der Waals surface area contributed by atoms with Gasteiger partial charge < -0.3 is 20.9 Å². The average Bonchev–Trinajstić information content (AvgIpc) is 3.60. The molecule has 3 N–H and O–H groups in total. The highest BCUT2D eigenvalue weighted by molar-refractivity contribution is 5.85. The molecule has 1 aromatic heterocycles. The number of pyridine rings is 1. The fourth-order valence-corrected chi connectivity index (χ4v) is 4.28. The predicted molar refractivity (Wildman–Crippen MR) is 126 cm³/mol.